The van der Waals surface area contributed by atoms with E-state index in [4.69, 9.17) is 0 Å². The highest BCUT2D eigenvalue weighted by molar-refractivity contribution is 14.1. The molecule has 0 aromatic rings. The quantitative estimate of drug-likeness (QED) is 0.382. The SMILES string of the molecule is C=C(C)/C=C\C(C)I. The largest absolute Gasteiger partial charge is 0.0961 e. The van der Waals surface area contributed by atoms with Gasteiger partial charge < -0.3 is 0 Å². The summed E-state index contributed by atoms with van der Waals surface area (Å²) in [6, 6.07) is 0. The highest BCUT2D eigenvalue weighted by Crippen LogP contribution is 2.01. The number of halogens is 1. The van der Waals surface area contributed by atoms with Crippen LogP contribution in [0.3, 0.4) is 0 Å². The van der Waals surface area contributed by atoms with Gasteiger partial charge in [0, 0.05) is 3.92 Å². The molecular weight excluding hydrogens is 211 g/mol. The molecule has 0 saturated heterocycles. The molecule has 0 aromatic carbocycles. The molecule has 1 unspecified atom stereocenters. The third kappa shape index (κ3) is 6.21. The lowest BCUT2D eigenvalue weighted by atomic mass is 10.3. The van der Waals surface area contributed by atoms with Crippen LogP contribution in [0.15, 0.2) is 24.3 Å². The number of alkyl halides is 1. The van der Waals surface area contributed by atoms with Gasteiger partial charge in [-0.1, -0.05) is 46.9 Å². The van der Waals surface area contributed by atoms with Crippen LogP contribution >= 0.6 is 22.6 Å². The molecule has 0 aliphatic rings. The molecule has 0 amide bonds. The highest BCUT2D eigenvalue weighted by atomic mass is 127. The van der Waals surface area contributed by atoms with Gasteiger partial charge in [-0.05, 0) is 13.8 Å². The van der Waals surface area contributed by atoms with Crippen LogP contribution in [0.2, 0.25) is 0 Å². The lowest BCUT2D eigenvalue weighted by Gasteiger charge is -1.89. The Balaban J connectivity index is 3.50. The van der Waals surface area contributed by atoms with E-state index in [0.717, 1.165) is 5.57 Å². The molecule has 0 N–H and O–H groups in total. The van der Waals surface area contributed by atoms with Crippen molar-refractivity contribution in [3.05, 3.63) is 24.3 Å². The Labute approximate surface area is 64.8 Å². The van der Waals surface area contributed by atoms with Crippen molar-refractivity contribution in [1.82, 2.24) is 0 Å². The Morgan fingerprint density at radius 1 is 1.75 bits per heavy atom. The first-order valence-electron chi connectivity index (χ1n) is 2.60. The van der Waals surface area contributed by atoms with Crippen LogP contribution in [0, 0.1) is 0 Å². The van der Waals surface area contributed by atoms with Gasteiger partial charge in [-0.15, -0.1) is 0 Å². The van der Waals surface area contributed by atoms with E-state index in [0.29, 0.717) is 3.92 Å². The van der Waals surface area contributed by atoms with Crippen LogP contribution in [0.5, 0.6) is 0 Å². The fourth-order valence-electron chi connectivity index (χ4n) is 0.297. The summed E-state index contributed by atoms with van der Waals surface area (Å²) in [5, 5.41) is 0. The van der Waals surface area contributed by atoms with Crippen LogP contribution in [-0.2, 0) is 0 Å². The summed E-state index contributed by atoms with van der Waals surface area (Å²) in [4.78, 5) is 0. The summed E-state index contributed by atoms with van der Waals surface area (Å²) < 4.78 is 0.615. The van der Waals surface area contributed by atoms with Crippen molar-refractivity contribution in [1.29, 1.82) is 0 Å². The van der Waals surface area contributed by atoms with Crippen molar-refractivity contribution in [3.8, 4) is 0 Å². The average Bonchev–Trinajstić information content (AvgIpc) is 1.61. The summed E-state index contributed by atoms with van der Waals surface area (Å²) >= 11 is 2.35. The minimum atomic E-state index is 0.615. The van der Waals surface area contributed by atoms with Crippen LogP contribution in [0.4, 0.5) is 0 Å². The fourth-order valence-corrected chi connectivity index (χ4v) is 0.504. The van der Waals surface area contributed by atoms with Crippen LogP contribution in [-0.4, -0.2) is 3.92 Å². The average molecular weight is 222 g/mol. The maximum Gasteiger partial charge on any atom is 0.0264 e. The van der Waals surface area contributed by atoms with Crippen LogP contribution in [0.1, 0.15) is 13.8 Å². The van der Waals surface area contributed by atoms with Gasteiger partial charge in [0.2, 0.25) is 0 Å². The summed E-state index contributed by atoms with van der Waals surface area (Å²) in [6.45, 7) is 7.87. The van der Waals surface area contributed by atoms with E-state index in [-0.39, 0.29) is 0 Å². The number of hydrogen-bond acceptors (Lipinski definition) is 0. The zero-order chi connectivity index (χ0) is 6.57. The van der Waals surface area contributed by atoms with Crippen molar-refractivity contribution in [3.63, 3.8) is 0 Å². The van der Waals surface area contributed by atoms with E-state index >= 15 is 0 Å². The van der Waals surface area contributed by atoms with Crippen molar-refractivity contribution in [2.75, 3.05) is 0 Å². The normalized spacial score (nSPS) is 14.4. The Morgan fingerprint density at radius 3 is 2.38 bits per heavy atom. The van der Waals surface area contributed by atoms with E-state index in [1.54, 1.807) is 0 Å². The molecule has 0 saturated carbocycles. The Hall–Kier alpha value is 0.210. The van der Waals surface area contributed by atoms with Crippen LogP contribution < -0.4 is 0 Å². The minimum absolute atomic E-state index is 0.615. The Morgan fingerprint density at radius 2 is 2.25 bits per heavy atom. The molecule has 0 fully saturated rings. The first-order chi connectivity index (χ1) is 3.63. The van der Waals surface area contributed by atoms with Gasteiger partial charge in [0.15, 0.2) is 0 Å². The number of hydrogen-bond donors (Lipinski definition) is 0. The molecule has 1 heteroatoms. The monoisotopic (exact) mass is 222 g/mol. The van der Waals surface area contributed by atoms with Gasteiger partial charge in [0.05, 0.1) is 0 Å². The van der Waals surface area contributed by atoms with E-state index < -0.39 is 0 Å². The number of allylic oxidation sites excluding steroid dienone is 3. The zero-order valence-electron chi connectivity index (χ0n) is 5.32. The molecule has 0 aliphatic heterocycles. The van der Waals surface area contributed by atoms with Gasteiger partial charge >= 0.3 is 0 Å². The first kappa shape index (κ1) is 8.21. The summed E-state index contributed by atoms with van der Waals surface area (Å²) in [5.41, 5.74) is 1.12. The highest BCUT2D eigenvalue weighted by Gasteiger charge is 1.82. The zero-order valence-corrected chi connectivity index (χ0v) is 7.47. The maximum atomic E-state index is 3.74. The first-order valence-corrected chi connectivity index (χ1v) is 3.85. The van der Waals surface area contributed by atoms with E-state index in [2.05, 4.69) is 42.2 Å². The molecule has 0 radical (unpaired) electrons. The molecule has 1 atom stereocenters. The second-order valence-electron chi connectivity index (χ2n) is 1.88. The van der Waals surface area contributed by atoms with E-state index in [1.807, 2.05) is 13.0 Å². The van der Waals surface area contributed by atoms with Crippen molar-refractivity contribution in [2.45, 2.75) is 17.8 Å². The second-order valence-corrected chi connectivity index (χ2v) is 3.85. The van der Waals surface area contributed by atoms with Gasteiger partial charge in [-0.2, -0.15) is 0 Å². The standard InChI is InChI=1S/C7H11I/c1-6(2)4-5-7(3)8/h4-5,7H,1H2,2-3H3/b5-4-. The molecule has 0 aliphatic carbocycles. The minimum Gasteiger partial charge on any atom is -0.0961 e. The Kier molecular flexibility index (Phi) is 4.23. The molecule has 46 valence electrons. The number of rotatable bonds is 2. The predicted octanol–water partition coefficient (Wildman–Crippen LogP) is 2.94. The van der Waals surface area contributed by atoms with Gasteiger partial charge in [-0.3, -0.25) is 0 Å². The van der Waals surface area contributed by atoms with Crippen LogP contribution in [0.25, 0.3) is 0 Å². The topological polar surface area (TPSA) is 0 Å². The van der Waals surface area contributed by atoms with E-state index in [9.17, 15) is 0 Å². The summed E-state index contributed by atoms with van der Waals surface area (Å²) in [5.74, 6) is 0. The van der Waals surface area contributed by atoms with Gasteiger partial charge in [0.25, 0.3) is 0 Å². The van der Waals surface area contributed by atoms with Gasteiger partial charge in [0.1, 0.15) is 0 Å². The van der Waals surface area contributed by atoms with E-state index in [1.165, 1.54) is 0 Å². The smallest absolute Gasteiger partial charge is 0.0264 e. The second kappa shape index (κ2) is 4.13. The van der Waals surface area contributed by atoms with Crippen molar-refractivity contribution in [2.24, 2.45) is 0 Å². The molecular formula is C7H11I. The third-order valence-corrected chi connectivity index (χ3v) is 1.06. The summed E-state index contributed by atoms with van der Waals surface area (Å²) in [7, 11) is 0. The third-order valence-electron chi connectivity index (χ3n) is 0.646. The molecule has 0 nitrogen and oxygen atoms in total. The maximum absolute atomic E-state index is 3.74. The predicted molar refractivity (Wildman–Crippen MR) is 47.4 cm³/mol. The molecule has 0 bridgehead atoms. The van der Waals surface area contributed by atoms with Gasteiger partial charge in [-0.25, -0.2) is 0 Å². The van der Waals surface area contributed by atoms with Crippen molar-refractivity contribution < 1.29 is 0 Å². The fraction of sp³-hybridized carbons (Fsp3) is 0.429. The lowest BCUT2D eigenvalue weighted by Crippen LogP contribution is -1.78. The molecule has 0 heterocycles. The lowest BCUT2D eigenvalue weighted by molar-refractivity contribution is 1.29. The Bertz CT molecular complexity index is 101. The molecule has 0 rings (SSSR count). The molecule has 0 aromatic heterocycles. The van der Waals surface area contributed by atoms with Crippen molar-refractivity contribution >= 4 is 22.6 Å². The summed E-state index contributed by atoms with van der Waals surface area (Å²) in [6.07, 6.45) is 4.17. The molecule has 0 spiro atoms. The molecule has 8 heavy (non-hydrogen) atoms.